The van der Waals surface area contributed by atoms with Crippen LogP contribution in [0, 0.1) is 0 Å². The Morgan fingerprint density at radius 1 is 1.23 bits per heavy atom. The predicted octanol–water partition coefficient (Wildman–Crippen LogP) is 3.83. The highest BCUT2D eigenvalue weighted by molar-refractivity contribution is 5.90. The molecule has 0 bridgehead atoms. The van der Waals surface area contributed by atoms with E-state index in [0.717, 1.165) is 19.4 Å². The predicted molar refractivity (Wildman–Crippen MR) is 106 cm³/mol. The summed E-state index contributed by atoms with van der Waals surface area (Å²) in [5.41, 5.74) is 4.68. The van der Waals surface area contributed by atoms with Crippen LogP contribution in [0.2, 0.25) is 0 Å². The minimum absolute atomic E-state index is 0.213. The fourth-order valence-electron chi connectivity index (χ4n) is 3.33. The van der Waals surface area contributed by atoms with Gasteiger partial charge in [0.25, 0.3) is 0 Å². The summed E-state index contributed by atoms with van der Waals surface area (Å²) in [4.78, 5) is 14.5. The lowest BCUT2D eigenvalue weighted by molar-refractivity contribution is 0.252. The molecule has 1 aliphatic heterocycles. The molecule has 0 atom stereocenters. The quantitative estimate of drug-likeness (QED) is 0.830. The number of aryl methyl sites for hydroxylation is 1. The fourth-order valence-corrected chi connectivity index (χ4v) is 3.33. The number of fused-ring (bicyclic) bond motifs is 1. The summed E-state index contributed by atoms with van der Waals surface area (Å²) in [5.74, 6) is 0.684. The Hall–Kier alpha value is -2.69. The highest BCUT2D eigenvalue weighted by atomic mass is 16.5. The van der Waals surface area contributed by atoms with Crippen molar-refractivity contribution in [3.63, 3.8) is 0 Å². The molecule has 0 unspecified atom stereocenters. The molecule has 2 amide bonds. The van der Waals surface area contributed by atoms with Crippen LogP contribution in [0.4, 0.5) is 16.2 Å². The van der Waals surface area contributed by atoms with Crippen molar-refractivity contribution < 1.29 is 9.53 Å². The van der Waals surface area contributed by atoms with Gasteiger partial charge in [0.1, 0.15) is 5.75 Å². The van der Waals surface area contributed by atoms with E-state index in [4.69, 9.17) is 4.74 Å². The molecule has 138 valence electrons. The monoisotopic (exact) mass is 353 g/mol. The number of ether oxygens (including phenoxy) is 1. The van der Waals surface area contributed by atoms with Gasteiger partial charge in [-0.2, -0.15) is 0 Å². The normalized spacial score (nSPS) is 13.1. The van der Waals surface area contributed by atoms with E-state index >= 15 is 0 Å². The van der Waals surface area contributed by atoms with Crippen LogP contribution in [0.15, 0.2) is 42.5 Å². The van der Waals surface area contributed by atoms with Crippen molar-refractivity contribution in [1.82, 2.24) is 5.32 Å². The summed E-state index contributed by atoms with van der Waals surface area (Å²) >= 11 is 0. The maximum absolute atomic E-state index is 12.2. The van der Waals surface area contributed by atoms with E-state index in [9.17, 15) is 4.79 Å². The first-order valence-corrected chi connectivity index (χ1v) is 9.27. The summed E-state index contributed by atoms with van der Waals surface area (Å²) in [6, 6.07) is 13.9. The molecule has 2 aromatic carbocycles. The van der Waals surface area contributed by atoms with Crippen LogP contribution in [-0.2, 0) is 12.8 Å². The van der Waals surface area contributed by atoms with Gasteiger partial charge in [-0.05, 0) is 55.5 Å². The number of amides is 2. The molecule has 5 nitrogen and oxygen atoms in total. The number of carbonyl (C=O) groups excluding carboxylic acids is 1. The lowest BCUT2D eigenvalue weighted by Crippen LogP contribution is -2.30. The van der Waals surface area contributed by atoms with E-state index < -0.39 is 0 Å². The zero-order chi connectivity index (χ0) is 18.4. The molecule has 2 aromatic rings. The van der Waals surface area contributed by atoms with E-state index in [2.05, 4.69) is 40.8 Å². The number of hydrogen-bond donors (Lipinski definition) is 2. The molecule has 0 radical (unpaired) electrons. The number of carbonyl (C=O) groups is 1. The van der Waals surface area contributed by atoms with Crippen LogP contribution in [0.3, 0.4) is 0 Å². The largest absolute Gasteiger partial charge is 0.492 e. The van der Waals surface area contributed by atoms with Gasteiger partial charge in [-0.1, -0.05) is 24.3 Å². The average molecular weight is 353 g/mol. The molecular formula is C21H27N3O2. The maximum Gasteiger partial charge on any atom is 0.319 e. The van der Waals surface area contributed by atoms with E-state index in [0.29, 0.717) is 24.6 Å². The Morgan fingerprint density at radius 3 is 2.92 bits per heavy atom. The summed E-state index contributed by atoms with van der Waals surface area (Å²) in [6.45, 7) is 4.20. The van der Waals surface area contributed by atoms with E-state index in [1.807, 2.05) is 31.2 Å². The zero-order valence-corrected chi connectivity index (χ0v) is 15.5. The van der Waals surface area contributed by atoms with Gasteiger partial charge in [-0.3, -0.25) is 0 Å². The minimum atomic E-state index is -0.213. The van der Waals surface area contributed by atoms with E-state index in [1.54, 1.807) is 0 Å². The minimum Gasteiger partial charge on any atom is -0.492 e. The van der Waals surface area contributed by atoms with Crippen molar-refractivity contribution >= 4 is 17.4 Å². The second kappa shape index (κ2) is 8.61. The summed E-state index contributed by atoms with van der Waals surface area (Å²) in [5, 5.41) is 5.78. The number of nitrogens with one attached hydrogen (secondary N) is 2. The van der Waals surface area contributed by atoms with Gasteiger partial charge in [-0.25, -0.2) is 4.79 Å². The van der Waals surface area contributed by atoms with Gasteiger partial charge >= 0.3 is 6.03 Å². The highest BCUT2D eigenvalue weighted by Gasteiger charge is 2.13. The lowest BCUT2D eigenvalue weighted by Gasteiger charge is -2.27. The van der Waals surface area contributed by atoms with E-state index in [1.165, 1.54) is 23.2 Å². The Kier molecular flexibility index (Phi) is 6.00. The smallest absolute Gasteiger partial charge is 0.319 e. The number of hydrogen-bond acceptors (Lipinski definition) is 3. The Bertz CT molecular complexity index is 761. The second-order valence-corrected chi connectivity index (χ2v) is 6.55. The Balaban J connectivity index is 1.51. The van der Waals surface area contributed by atoms with Crippen LogP contribution in [0.1, 0.15) is 24.5 Å². The zero-order valence-electron chi connectivity index (χ0n) is 15.5. The molecule has 0 spiro atoms. The van der Waals surface area contributed by atoms with Crippen LogP contribution >= 0.6 is 0 Å². The third-order valence-electron chi connectivity index (χ3n) is 4.63. The molecule has 3 rings (SSSR count). The SMILES string of the molecule is CCOc1ccccc1NC(=O)NCCc1ccc2c(c1)CCCN2C. The number of para-hydroxylation sites is 2. The molecule has 0 saturated carbocycles. The molecule has 0 saturated heterocycles. The molecule has 1 aliphatic rings. The molecule has 1 heterocycles. The van der Waals surface area contributed by atoms with Gasteiger partial charge < -0.3 is 20.3 Å². The third-order valence-corrected chi connectivity index (χ3v) is 4.63. The van der Waals surface area contributed by atoms with Gasteiger partial charge in [0, 0.05) is 25.8 Å². The first kappa shape index (κ1) is 18.1. The number of nitrogens with zero attached hydrogens (tertiary/aromatic N) is 1. The third kappa shape index (κ3) is 4.48. The van der Waals surface area contributed by atoms with Gasteiger partial charge in [-0.15, -0.1) is 0 Å². The van der Waals surface area contributed by atoms with Crippen molar-refractivity contribution in [3.8, 4) is 5.75 Å². The molecule has 0 aliphatic carbocycles. The van der Waals surface area contributed by atoms with Crippen molar-refractivity contribution in [1.29, 1.82) is 0 Å². The number of rotatable bonds is 6. The van der Waals surface area contributed by atoms with Gasteiger partial charge in [0.2, 0.25) is 0 Å². The molecule has 2 N–H and O–H groups in total. The van der Waals surface area contributed by atoms with Crippen molar-refractivity contribution in [2.45, 2.75) is 26.2 Å². The molecule has 0 fully saturated rings. The fraction of sp³-hybridized carbons (Fsp3) is 0.381. The summed E-state index contributed by atoms with van der Waals surface area (Å²) in [6.07, 6.45) is 3.15. The van der Waals surface area contributed by atoms with Crippen molar-refractivity contribution in [2.24, 2.45) is 0 Å². The summed E-state index contributed by atoms with van der Waals surface area (Å²) in [7, 11) is 2.14. The Morgan fingerprint density at radius 2 is 2.08 bits per heavy atom. The number of urea groups is 1. The summed E-state index contributed by atoms with van der Waals surface area (Å²) < 4.78 is 5.53. The standard InChI is InChI=1S/C21H27N3O2/c1-3-26-20-9-5-4-8-18(20)23-21(25)22-13-12-16-10-11-19-17(15-16)7-6-14-24(19)2/h4-5,8-11,15H,3,6-7,12-14H2,1-2H3,(H2,22,23,25). The van der Waals surface area contributed by atoms with Gasteiger partial charge in [0.15, 0.2) is 0 Å². The van der Waals surface area contributed by atoms with Gasteiger partial charge in [0.05, 0.1) is 12.3 Å². The van der Waals surface area contributed by atoms with Crippen molar-refractivity contribution in [3.05, 3.63) is 53.6 Å². The Labute approximate surface area is 155 Å². The molecule has 26 heavy (non-hydrogen) atoms. The first-order valence-electron chi connectivity index (χ1n) is 9.27. The van der Waals surface area contributed by atoms with Crippen LogP contribution in [0.25, 0.3) is 0 Å². The van der Waals surface area contributed by atoms with E-state index in [-0.39, 0.29) is 6.03 Å². The first-order chi connectivity index (χ1) is 12.7. The van der Waals surface area contributed by atoms with Crippen LogP contribution in [0.5, 0.6) is 5.75 Å². The average Bonchev–Trinajstić information content (AvgIpc) is 2.64. The molecule has 5 heteroatoms. The maximum atomic E-state index is 12.2. The van der Waals surface area contributed by atoms with Crippen LogP contribution in [-0.4, -0.2) is 32.8 Å². The van der Waals surface area contributed by atoms with Crippen molar-refractivity contribution in [2.75, 3.05) is 37.0 Å². The number of anilines is 2. The van der Waals surface area contributed by atoms with Crippen LogP contribution < -0.4 is 20.3 Å². The topological polar surface area (TPSA) is 53.6 Å². The highest BCUT2D eigenvalue weighted by Crippen LogP contribution is 2.27. The lowest BCUT2D eigenvalue weighted by atomic mass is 9.98. The molecule has 0 aromatic heterocycles. The molecular weight excluding hydrogens is 326 g/mol. The number of benzene rings is 2. The second-order valence-electron chi connectivity index (χ2n) is 6.55.